The maximum absolute atomic E-state index is 12.0. The maximum atomic E-state index is 12.0. The van der Waals surface area contributed by atoms with Gasteiger partial charge in [-0.25, -0.2) is 4.79 Å². The van der Waals surface area contributed by atoms with Gasteiger partial charge in [0.05, 0.1) is 12.5 Å². The Kier molecular flexibility index (Phi) is 5.75. The zero-order chi connectivity index (χ0) is 15.1. The molecule has 1 aromatic carbocycles. The molecule has 1 saturated heterocycles. The molecule has 5 nitrogen and oxygen atoms in total. The van der Waals surface area contributed by atoms with E-state index in [0.29, 0.717) is 6.61 Å². The lowest BCUT2D eigenvalue weighted by molar-refractivity contribution is -0.142. The second-order valence-electron chi connectivity index (χ2n) is 5.34. The average Bonchev–Trinajstić information content (AvgIpc) is 2.48. The molecule has 0 aromatic heterocycles. The number of aliphatic carboxylic acids is 1. The summed E-state index contributed by atoms with van der Waals surface area (Å²) in [6, 6.07) is 8.39. The highest BCUT2D eigenvalue weighted by Gasteiger charge is 2.23. The summed E-state index contributed by atoms with van der Waals surface area (Å²) in [6.45, 7) is 0.685. The molecule has 2 unspecified atom stereocenters. The summed E-state index contributed by atoms with van der Waals surface area (Å²) in [6.07, 6.45) is 3.40. The molecule has 2 N–H and O–H groups in total. The fourth-order valence-corrected chi connectivity index (χ4v) is 2.48. The predicted molar refractivity (Wildman–Crippen MR) is 77.9 cm³/mol. The van der Waals surface area contributed by atoms with Crippen LogP contribution < -0.4 is 5.32 Å². The topological polar surface area (TPSA) is 75.6 Å². The standard InChI is InChI=1S/C16H21NO4/c18-15(11-13-8-4-5-9-21-13)17-14(16(19)20)10-12-6-2-1-3-7-12/h1-3,6-7,13-14H,4-5,8-11H2,(H,17,18)(H,19,20). The highest BCUT2D eigenvalue weighted by Crippen LogP contribution is 2.15. The van der Waals surface area contributed by atoms with Gasteiger partial charge in [0, 0.05) is 13.0 Å². The zero-order valence-corrected chi connectivity index (χ0v) is 12.0. The van der Waals surface area contributed by atoms with Crippen molar-refractivity contribution in [2.24, 2.45) is 0 Å². The van der Waals surface area contributed by atoms with E-state index >= 15 is 0 Å². The Morgan fingerprint density at radius 2 is 2.05 bits per heavy atom. The minimum absolute atomic E-state index is 0.0788. The van der Waals surface area contributed by atoms with Gasteiger partial charge in [-0.05, 0) is 24.8 Å². The number of amides is 1. The van der Waals surface area contributed by atoms with E-state index in [2.05, 4.69) is 5.32 Å². The van der Waals surface area contributed by atoms with Crippen molar-refractivity contribution in [3.8, 4) is 0 Å². The molecule has 1 aromatic rings. The molecule has 2 rings (SSSR count). The molecule has 114 valence electrons. The van der Waals surface area contributed by atoms with Crippen LogP contribution in [0.5, 0.6) is 0 Å². The lowest BCUT2D eigenvalue weighted by atomic mass is 10.0. The summed E-state index contributed by atoms with van der Waals surface area (Å²) in [5, 5.41) is 11.8. The summed E-state index contributed by atoms with van der Waals surface area (Å²) in [5.41, 5.74) is 0.888. The van der Waals surface area contributed by atoms with Crippen LogP contribution in [0.3, 0.4) is 0 Å². The number of benzene rings is 1. The van der Waals surface area contributed by atoms with Crippen LogP contribution in [-0.4, -0.2) is 35.7 Å². The Morgan fingerprint density at radius 1 is 1.29 bits per heavy atom. The van der Waals surface area contributed by atoms with Crippen molar-refractivity contribution in [1.29, 1.82) is 0 Å². The van der Waals surface area contributed by atoms with E-state index in [1.807, 2.05) is 30.3 Å². The number of carboxylic acids is 1. The van der Waals surface area contributed by atoms with Gasteiger partial charge in [-0.3, -0.25) is 4.79 Å². The average molecular weight is 291 g/mol. The van der Waals surface area contributed by atoms with Crippen molar-refractivity contribution in [2.45, 2.75) is 44.2 Å². The molecule has 1 heterocycles. The van der Waals surface area contributed by atoms with E-state index in [1.54, 1.807) is 0 Å². The first-order valence-electron chi connectivity index (χ1n) is 7.33. The third-order valence-corrected chi connectivity index (χ3v) is 3.60. The first-order valence-corrected chi connectivity index (χ1v) is 7.33. The van der Waals surface area contributed by atoms with E-state index in [-0.39, 0.29) is 24.9 Å². The Balaban J connectivity index is 1.86. The number of ether oxygens (including phenoxy) is 1. The van der Waals surface area contributed by atoms with Crippen molar-refractivity contribution in [3.05, 3.63) is 35.9 Å². The molecule has 0 bridgehead atoms. The first-order chi connectivity index (χ1) is 10.1. The van der Waals surface area contributed by atoms with Crippen molar-refractivity contribution in [1.82, 2.24) is 5.32 Å². The molecule has 0 aliphatic carbocycles. The van der Waals surface area contributed by atoms with Gasteiger partial charge in [0.2, 0.25) is 5.91 Å². The summed E-state index contributed by atoms with van der Waals surface area (Å²) >= 11 is 0. The maximum Gasteiger partial charge on any atom is 0.326 e. The monoisotopic (exact) mass is 291 g/mol. The van der Waals surface area contributed by atoms with Crippen LogP contribution in [0.25, 0.3) is 0 Å². The number of hydrogen-bond donors (Lipinski definition) is 2. The van der Waals surface area contributed by atoms with Gasteiger partial charge in [0.15, 0.2) is 0 Å². The molecule has 1 aliphatic rings. The Hall–Kier alpha value is -1.88. The molecule has 0 saturated carbocycles. The lowest BCUT2D eigenvalue weighted by Crippen LogP contribution is -2.43. The van der Waals surface area contributed by atoms with Gasteiger partial charge in [-0.2, -0.15) is 0 Å². The van der Waals surface area contributed by atoms with Crippen LogP contribution in [0.15, 0.2) is 30.3 Å². The van der Waals surface area contributed by atoms with Crippen LogP contribution in [0.1, 0.15) is 31.2 Å². The van der Waals surface area contributed by atoms with Crippen molar-refractivity contribution in [2.75, 3.05) is 6.61 Å². The molecule has 1 aliphatic heterocycles. The van der Waals surface area contributed by atoms with Gasteiger partial charge in [0.1, 0.15) is 6.04 Å². The van der Waals surface area contributed by atoms with E-state index in [4.69, 9.17) is 4.74 Å². The normalized spacial score (nSPS) is 19.7. The molecule has 21 heavy (non-hydrogen) atoms. The van der Waals surface area contributed by atoms with Gasteiger partial charge >= 0.3 is 5.97 Å². The molecule has 5 heteroatoms. The van der Waals surface area contributed by atoms with Gasteiger partial charge < -0.3 is 15.2 Å². The SMILES string of the molecule is O=C(CC1CCCCO1)NC(Cc1ccccc1)C(=O)O. The van der Waals surface area contributed by atoms with Crippen LogP contribution in [0, 0.1) is 0 Å². The third-order valence-electron chi connectivity index (χ3n) is 3.60. The summed E-state index contributed by atoms with van der Waals surface area (Å²) in [7, 11) is 0. The van der Waals surface area contributed by atoms with Gasteiger partial charge in [0.25, 0.3) is 0 Å². The number of carbonyl (C=O) groups excluding carboxylic acids is 1. The summed E-state index contributed by atoms with van der Waals surface area (Å²) in [4.78, 5) is 23.2. The largest absolute Gasteiger partial charge is 0.480 e. The lowest BCUT2D eigenvalue weighted by Gasteiger charge is -2.23. The zero-order valence-electron chi connectivity index (χ0n) is 12.0. The van der Waals surface area contributed by atoms with Gasteiger partial charge in [-0.1, -0.05) is 30.3 Å². The smallest absolute Gasteiger partial charge is 0.326 e. The van der Waals surface area contributed by atoms with E-state index in [1.165, 1.54) is 0 Å². The highest BCUT2D eigenvalue weighted by atomic mass is 16.5. The third kappa shape index (κ3) is 5.19. The molecule has 1 fully saturated rings. The fourth-order valence-electron chi connectivity index (χ4n) is 2.48. The molecular formula is C16H21NO4. The van der Waals surface area contributed by atoms with Crippen molar-refractivity contribution in [3.63, 3.8) is 0 Å². The van der Waals surface area contributed by atoms with Gasteiger partial charge in [-0.15, -0.1) is 0 Å². The predicted octanol–water partition coefficient (Wildman–Crippen LogP) is 1.76. The second kappa shape index (κ2) is 7.78. The van der Waals surface area contributed by atoms with E-state index < -0.39 is 12.0 Å². The number of rotatable bonds is 6. The fraction of sp³-hybridized carbons (Fsp3) is 0.500. The van der Waals surface area contributed by atoms with Crippen molar-refractivity contribution < 1.29 is 19.4 Å². The van der Waals surface area contributed by atoms with Crippen LogP contribution in [-0.2, 0) is 20.7 Å². The molecular weight excluding hydrogens is 270 g/mol. The highest BCUT2D eigenvalue weighted by molar-refractivity contribution is 5.84. The number of carbonyl (C=O) groups is 2. The Labute approximate surface area is 124 Å². The van der Waals surface area contributed by atoms with Crippen LogP contribution in [0.2, 0.25) is 0 Å². The number of hydrogen-bond acceptors (Lipinski definition) is 3. The minimum Gasteiger partial charge on any atom is -0.480 e. The van der Waals surface area contributed by atoms with Crippen molar-refractivity contribution >= 4 is 11.9 Å². The molecule has 1 amide bonds. The van der Waals surface area contributed by atoms with Crippen LogP contribution >= 0.6 is 0 Å². The van der Waals surface area contributed by atoms with E-state index in [0.717, 1.165) is 24.8 Å². The Bertz CT molecular complexity index is 468. The molecule has 0 radical (unpaired) electrons. The first kappa shape index (κ1) is 15.5. The van der Waals surface area contributed by atoms with E-state index in [9.17, 15) is 14.7 Å². The minimum atomic E-state index is -1.02. The Morgan fingerprint density at radius 3 is 2.67 bits per heavy atom. The summed E-state index contributed by atoms with van der Waals surface area (Å²) < 4.78 is 5.50. The number of carboxylic acid groups (broad SMARTS) is 1. The summed E-state index contributed by atoms with van der Waals surface area (Å²) in [5.74, 6) is -1.28. The quantitative estimate of drug-likeness (QED) is 0.837. The molecule has 0 spiro atoms. The molecule has 2 atom stereocenters. The number of nitrogens with one attached hydrogen (secondary N) is 1. The second-order valence-corrected chi connectivity index (χ2v) is 5.34. The van der Waals surface area contributed by atoms with Crippen LogP contribution in [0.4, 0.5) is 0 Å².